The summed E-state index contributed by atoms with van der Waals surface area (Å²) in [6, 6.07) is 8.79. The predicted octanol–water partition coefficient (Wildman–Crippen LogP) is 4.06. The Kier molecular flexibility index (Phi) is 4.70. The number of nitriles is 1. The molecule has 4 nitrogen and oxygen atoms in total. The van der Waals surface area contributed by atoms with Crippen LogP contribution in [0, 0.1) is 23.7 Å². The van der Waals surface area contributed by atoms with Gasteiger partial charge in [-0.25, -0.2) is 4.98 Å². The van der Waals surface area contributed by atoms with Gasteiger partial charge < -0.3 is 9.72 Å². The third kappa shape index (κ3) is 3.45. The fraction of sp³-hybridized carbons (Fsp3) is 0.529. The number of aryl methyl sites for hydroxylation is 1. The number of fused-ring (bicyclic) bond motifs is 1. The first-order valence-electron chi connectivity index (χ1n) is 7.79. The van der Waals surface area contributed by atoms with Gasteiger partial charge in [-0.05, 0) is 50.3 Å². The maximum Gasteiger partial charge on any atom is 0.166 e. The van der Waals surface area contributed by atoms with Gasteiger partial charge in [0.05, 0.1) is 22.5 Å². The quantitative estimate of drug-likeness (QED) is 0.667. The number of hydrogen-bond acceptors (Lipinski definition) is 4. The molecule has 1 aromatic heterocycles. The molecule has 1 aromatic carbocycles. The lowest BCUT2D eigenvalue weighted by Crippen LogP contribution is -2.28. The van der Waals surface area contributed by atoms with Gasteiger partial charge in [0.2, 0.25) is 0 Å². The minimum Gasteiger partial charge on any atom is -0.381 e. The maximum atomic E-state index is 9.45. The molecule has 0 bridgehead atoms. The minimum atomic E-state index is -0.163. The van der Waals surface area contributed by atoms with Crippen molar-refractivity contribution in [3.63, 3.8) is 0 Å². The molecule has 0 amide bonds. The number of nitrogens with zero attached hydrogens (tertiary/aromatic N) is 2. The second-order valence-corrected chi connectivity index (χ2v) is 7.10. The topological polar surface area (TPSA) is 61.7 Å². The zero-order chi connectivity index (χ0) is 15.4. The van der Waals surface area contributed by atoms with Crippen molar-refractivity contribution < 1.29 is 4.74 Å². The normalized spacial score (nSPS) is 17.5. The Bertz CT molecular complexity index is 683. The number of nitrogens with one attached hydrogen (secondary N) is 1. The Morgan fingerprint density at radius 1 is 1.41 bits per heavy atom. The van der Waals surface area contributed by atoms with Gasteiger partial charge in [0, 0.05) is 19.0 Å². The van der Waals surface area contributed by atoms with E-state index >= 15 is 0 Å². The van der Waals surface area contributed by atoms with E-state index in [1.807, 2.05) is 0 Å². The van der Waals surface area contributed by atoms with Crippen molar-refractivity contribution in [2.45, 2.75) is 37.8 Å². The fourth-order valence-electron chi connectivity index (χ4n) is 2.93. The van der Waals surface area contributed by atoms with Crippen molar-refractivity contribution in [1.82, 2.24) is 9.97 Å². The van der Waals surface area contributed by atoms with Crippen LogP contribution in [0.15, 0.2) is 23.4 Å². The summed E-state index contributed by atoms with van der Waals surface area (Å²) in [4.78, 5) is 7.96. The zero-order valence-corrected chi connectivity index (χ0v) is 13.7. The standard InChI is InChI=1S/C17H21N3OS/c1-13-3-4-14-15(11-13)20-16(19-14)22-10-2-5-17(12-18)6-8-21-9-7-17/h3-4,11H,2,5-10H2,1H3,(H,19,20). The number of ether oxygens (including phenoxy) is 1. The van der Waals surface area contributed by atoms with Gasteiger partial charge in [-0.2, -0.15) is 5.26 Å². The average molecular weight is 315 g/mol. The molecule has 0 unspecified atom stereocenters. The molecule has 1 fully saturated rings. The highest BCUT2D eigenvalue weighted by Gasteiger charge is 2.31. The number of thioether (sulfide) groups is 1. The van der Waals surface area contributed by atoms with Crippen LogP contribution < -0.4 is 0 Å². The molecule has 0 saturated carbocycles. The van der Waals surface area contributed by atoms with Crippen LogP contribution in [-0.4, -0.2) is 28.9 Å². The highest BCUT2D eigenvalue weighted by Crippen LogP contribution is 2.35. The molecule has 2 heterocycles. The molecule has 0 atom stereocenters. The number of aromatic nitrogens is 2. The summed E-state index contributed by atoms with van der Waals surface area (Å²) in [7, 11) is 0. The second kappa shape index (κ2) is 6.72. The van der Waals surface area contributed by atoms with Gasteiger partial charge in [0.15, 0.2) is 5.16 Å². The van der Waals surface area contributed by atoms with Crippen molar-refractivity contribution in [1.29, 1.82) is 5.26 Å². The van der Waals surface area contributed by atoms with E-state index in [0.717, 1.165) is 60.8 Å². The van der Waals surface area contributed by atoms with Crippen molar-refractivity contribution in [2.75, 3.05) is 19.0 Å². The fourth-order valence-corrected chi connectivity index (χ4v) is 3.75. The number of rotatable bonds is 5. The predicted molar refractivity (Wildman–Crippen MR) is 88.9 cm³/mol. The van der Waals surface area contributed by atoms with E-state index in [-0.39, 0.29) is 5.41 Å². The maximum absolute atomic E-state index is 9.45. The van der Waals surface area contributed by atoms with Crippen molar-refractivity contribution in [3.8, 4) is 6.07 Å². The average Bonchev–Trinajstić information content (AvgIpc) is 2.94. The molecule has 1 aliphatic rings. The molecular formula is C17H21N3OS. The Balaban J connectivity index is 1.52. The molecule has 3 rings (SSSR count). The molecule has 22 heavy (non-hydrogen) atoms. The highest BCUT2D eigenvalue weighted by atomic mass is 32.2. The van der Waals surface area contributed by atoms with Crippen molar-refractivity contribution in [3.05, 3.63) is 23.8 Å². The van der Waals surface area contributed by atoms with E-state index in [9.17, 15) is 5.26 Å². The Morgan fingerprint density at radius 2 is 2.23 bits per heavy atom. The Hall–Kier alpha value is -1.51. The molecule has 116 valence electrons. The zero-order valence-electron chi connectivity index (χ0n) is 12.9. The Morgan fingerprint density at radius 3 is 3.00 bits per heavy atom. The summed E-state index contributed by atoms with van der Waals surface area (Å²) < 4.78 is 5.37. The number of imidazole rings is 1. The van der Waals surface area contributed by atoms with E-state index < -0.39 is 0 Å². The van der Waals surface area contributed by atoms with Gasteiger partial charge in [0.25, 0.3) is 0 Å². The van der Waals surface area contributed by atoms with Gasteiger partial charge in [0.1, 0.15) is 0 Å². The number of aromatic amines is 1. The van der Waals surface area contributed by atoms with Crippen LogP contribution in [0.3, 0.4) is 0 Å². The summed E-state index contributed by atoms with van der Waals surface area (Å²) in [5, 5.41) is 10.4. The van der Waals surface area contributed by atoms with Crippen LogP contribution in [0.4, 0.5) is 0 Å². The van der Waals surface area contributed by atoms with Gasteiger partial charge in [-0.1, -0.05) is 17.8 Å². The van der Waals surface area contributed by atoms with Crippen LogP contribution >= 0.6 is 11.8 Å². The first kappa shape index (κ1) is 15.4. The van der Waals surface area contributed by atoms with Crippen molar-refractivity contribution in [2.24, 2.45) is 5.41 Å². The molecule has 1 aliphatic heterocycles. The molecular weight excluding hydrogens is 294 g/mol. The highest BCUT2D eigenvalue weighted by molar-refractivity contribution is 7.99. The Labute approximate surface area is 135 Å². The van der Waals surface area contributed by atoms with Crippen LogP contribution in [0.5, 0.6) is 0 Å². The smallest absolute Gasteiger partial charge is 0.166 e. The third-order valence-electron chi connectivity index (χ3n) is 4.34. The molecule has 0 aliphatic carbocycles. The summed E-state index contributed by atoms with van der Waals surface area (Å²) in [6.45, 7) is 3.54. The lowest BCUT2D eigenvalue weighted by atomic mass is 9.78. The molecule has 0 spiro atoms. The molecule has 1 N–H and O–H groups in total. The lowest BCUT2D eigenvalue weighted by molar-refractivity contribution is 0.0368. The summed E-state index contributed by atoms with van der Waals surface area (Å²) in [5.74, 6) is 0.989. The molecule has 5 heteroatoms. The summed E-state index contributed by atoms with van der Waals surface area (Å²) in [6.07, 6.45) is 3.74. The van der Waals surface area contributed by atoms with E-state index in [1.54, 1.807) is 11.8 Å². The van der Waals surface area contributed by atoms with Crippen LogP contribution in [0.2, 0.25) is 0 Å². The molecule has 0 radical (unpaired) electrons. The van der Waals surface area contributed by atoms with E-state index in [4.69, 9.17) is 4.74 Å². The first-order chi connectivity index (χ1) is 10.7. The van der Waals surface area contributed by atoms with Gasteiger partial charge in [-0.15, -0.1) is 0 Å². The number of H-pyrrole nitrogens is 1. The van der Waals surface area contributed by atoms with Crippen LogP contribution in [0.25, 0.3) is 11.0 Å². The SMILES string of the molecule is Cc1ccc2nc(SCCCC3(C#N)CCOCC3)[nH]c2c1. The summed E-state index contributed by atoms with van der Waals surface area (Å²) >= 11 is 1.74. The monoisotopic (exact) mass is 315 g/mol. The number of hydrogen-bond donors (Lipinski definition) is 1. The minimum absolute atomic E-state index is 0.163. The molecule has 2 aromatic rings. The van der Waals surface area contributed by atoms with E-state index in [2.05, 4.69) is 41.2 Å². The first-order valence-corrected chi connectivity index (χ1v) is 8.78. The largest absolute Gasteiger partial charge is 0.381 e. The second-order valence-electron chi connectivity index (χ2n) is 6.02. The lowest BCUT2D eigenvalue weighted by Gasteiger charge is -2.30. The van der Waals surface area contributed by atoms with Gasteiger partial charge >= 0.3 is 0 Å². The van der Waals surface area contributed by atoms with Gasteiger partial charge in [-0.3, -0.25) is 0 Å². The van der Waals surface area contributed by atoms with Crippen molar-refractivity contribution >= 4 is 22.8 Å². The summed E-state index contributed by atoms with van der Waals surface area (Å²) in [5.41, 5.74) is 3.19. The van der Waals surface area contributed by atoms with E-state index in [0.29, 0.717) is 0 Å². The van der Waals surface area contributed by atoms with E-state index in [1.165, 1.54) is 5.56 Å². The number of benzene rings is 1. The van der Waals surface area contributed by atoms with Crippen LogP contribution in [0.1, 0.15) is 31.2 Å². The molecule has 1 saturated heterocycles. The van der Waals surface area contributed by atoms with Crippen LogP contribution in [-0.2, 0) is 4.74 Å². The third-order valence-corrected chi connectivity index (χ3v) is 5.30.